The van der Waals surface area contributed by atoms with Crippen LogP contribution in [0.15, 0.2) is 29.2 Å². The van der Waals surface area contributed by atoms with Crippen molar-refractivity contribution in [3.8, 4) is 0 Å². The number of rotatable bonds is 6. The average Bonchev–Trinajstić information content (AvgIpc) is 2.76. The first-order chi connectivity index (χ1) is 10.4. The first kappa shape index (κ1) is 15.7. The number of carbonyl (C=O) groups excluding carboxylic acids is 1. The van der Waals surface area contributed by atoms with Crippen molar-refractivity contribution in [3.05, 3.63) is 34.9 Å². The summed E-state index contributed by atoms with van der Waals surface area (Å²) in [6.45, 7) is 2.95. The van der Waals surface area contributed by atoms with Gasteiger partial charge >= 0.3 is 11.7 Å². The number of aromatic nitrogens is 3. The predicted octanol–water partition coefficient (Wildman–Crippen LogP) is 0.256. The van der Waals surface area contributed by atoms with E-state index in [1.807, 2.05) is 6.92 Å². The first-order valence-corrected chi connectivity index (χ1v) is 6.96. The van der Waals surface area contributed by atoms with Gasteiger partial charge in [0.15, 0.2) is 5.65 Å². The minimum Gasteiger partial charge on any atom is -0.480 e. The van der Waals surface area contributed by atoms with Gasteiger partial charge in [0.25, 0.3) is 0 Å². The molecule has 2 aromatic rings. The van der Waals surface area contributed by atoms with Gasteiger partial charge in [-0.15, -0.1) is 5.10 Å². The highest BCUT2D eigenvalue weighted by Gasteiger charge is 2.33. The number of amides is 1. The zero-order valence-corrected chi connectivity index (χ0v) is 12.4. The molecule has 0 aliphatic carbocycles. The molecule has 2 heterocycles. The number of hydrogen-bond acceptors (Lipinski definition) is 4. The van der Waals surface area contributed by atoms with Crippen LogP contribution in [-0.2, 0) is 16.1 Å². The lowest BCUT2D eigenvalue weighted by Gasteiger charge is -2.25. The van der Waals surface area contributed by atoms with Crippen molar-refractivity contribution in [3.63, 3.8) is 0 Å². The van der Waals surface area contributed by atoms with Crippen molar-refractivity contribution in [1.82, 2.24) is 19.5 Å². The third-order valence-corrected chi connectivity index (χ3v) is 3.42. The van der Waals surface area contributed by atoms with Crippen molar-refractivity contribution in [1.29, 1.82) is 0 Å². The standard InChI is InChI=1S/C14H18N4O4/c1-3-7-14(2,12(20)21)15-11(19)9-18-13(22)17-8-5-4-6-10(17)16-18/h4-6,8H,3,7,9H2,1-2H3,(H,15,19)(H,20,21). The molecule has 0 aliphatic heterocycles. The molecule has 0 spiro atoms. The number of nitrogens with one attached hydrogen (secondary N) is 1. The molecule has 2 N–H and O–H groups in total. The van der Waals surface area contributed by atoms with E-state index >= 15 is 0 Å². The van der Waals surface area contributed by atoms with Gasteiger partial charge in [0.1, 0.15) is 12.1 Å². The summed E-state index contributed by atoms with van der Waals surface area (Å²) in [7, 11) is 0. The molecule has 8 nitrogen and oxygen atoms in total. The van der Waals surface area contributed by atoms with Gasteiger partial charge in [0.2, 0.25) is 5.91 Å². The minimum absolute atomic E-state index is 0.300. The number of carboxylic acid groups (broad SMARTS) is 1. The number of nitrogens with zero attached hydrogens (tertiary/aromatic N) is 3. The van der Waals surface area contributed by atoms with Crippen molar-refractivity contribution < 1.29 is 14.7 Å². The Labute approximate surface area is 126 Å². The lowest BCUT2D eigenvalue weighted by Crippen LogP contribution is -2.53. The average molecular weight is 306 g/mol. The van der Waals surface area contributed by atoms with Gasteiger partial charge in [-0.3, -0.25) is 9.20 Å². The fourth-order valence-corrected chi connectivity index (χ4v) is 2.28. The maximum Gasteiger partial charge on any atom is 0.350 e. The van der Waals surface area contributed by atoms with Gasteiger partial charge in [0.05, 0.1) is 0 Å². The molecule has 1 amide bonds. The number of carboxylic acids is 1. The first-order valence-electron chi connectivity index (χ1n) is 6.96. The van der Waals surface area contributed by atoms with Crippen LogP contribution in [0.3, 0.4) is 0 Å². The summed E-state index contributed by atoms with van der Waals surface area (Å²) >= 11 is 0. The molecule has 118 valence electrons. The SMILES string of the molecule is CCCC(C)(NC(=O)Cn1nc2ccccn2c1=O)C(=O)O. The largest absolute Gasteiger partial charge is 0.480 e. The van der Waals surface area contributed by atoms with E-state index in [0.29, 0.717) is 18.5 Å². The molecule has 2 aromatic heterocycles. The van der Waals surface area contributed by atoms with Crippen LogP contribution in [0.4, 0.5) is 0 Å². The third kappa shape index (κ3) is 3.00. The Morgan fingerprint density at radius 3 is 2.73 bits per heavy atom. The fourth-order valence-electron chi connectivity index (χ4n) is 2.28. The molecule has 0 saturated carbocycles. The Morgan fingerprint density at radius 2 is 2.14 bits per heavy atom. The van der Waals surface area contributed by atoms with E-state index in [1.54, 1.807) is 24.4 Å². The zero-order valence-electron chi connectivity index (χ0n) is 12.4. The topological polar surface area (TPSA) is 106 Å². The summed E-state index contributed by atoms with van der Waals surface area (Å²) in [5, 5.41) is 15.7. The van der Waals surface area contributed by atoms with Crippen molar-refractivity contribution in [2.45, 2.75) is 38.8 Å². The van der Waals surface area contributed by atoms with E-state index in [1.165, 1.54) is 11.3 Å². The van der Waals surface area contributed by atoms with E-state index in [9.17, 15) is 19.5 Å². The molecule has 0 aromatic carbocycles. The van der Waals surface area contributed by atoms with Gasteiger partial charge < -0.3 is 10.4 Å². The summed E-state index contributed by atoms with van der Waals surface area (Å²) in [4.78, 5) is 35.4. The highest BCUT2D eigenvalue weighted by atomic mass is 16.4. The predicted molar refractivity (Wildman–Crippen MR) is 78.5 cm³/mol. The normalized spacial score (nSPS) is 13.7. The van der Waals surface area contributed by atoms with Gasteiger partial charge in [-0.2, -0.15) is 0 Å². The minimum atomic E-state index is -1.35. The smallest absolute Gasteiger partial charge is 0.350 e. The van der Waals surface area contributed by atoms with Crippen molar-refractivity contribution in [2.75, 3.05) is 0 Å². The van der Waals surface area contributed by atoms with E-state index in [0.717, 1.165) is 4.68 Å². The zero-order chi connectivity index (χ0) is 16.3. The van der Waals surface area contributed by atoms with Crippen molar-refractivity contribution >= 4 is 17.5 Å². The van der Waals surface area contributed by atoms with Crippen LogP contribution in [0.2, 0.25) is 0 Å². The monoisotopic (exact) mass is 306 g/mol. The molecule has 0 radical (unpaired) electrons. The number of fused-ring (bicyclic) bond motifs is 1. The molecule has 22 heavy (non-hydrogen) atoms. The number of pyridine rings is 1. The maximum absolute atomic E-state index is 12.1. The lowest BCUT2D eigenvalue weighted by atomic mass is 9.96. The molecule has 0 aliphatic rings. The van der Waals surface area contributed by atoms with Crippen LogP contribution in [0.25, 0.3) is 5.65 Å². The second-order valence-corrected chi connectivity index (χ2v) is 5.30. The van der Waals surface area contributed by atoms with E-state index in [-0.39, 0.29) is 6.54 Å². The summed E-state index contributed by atoms with van der Waals surface area (Å²) < 4.78 is 2.33. The Morgan fingerprint density at radius 1 is 1.41 bits per heavy atom. The molecular weight excluding hydrogens is 288 g/mol. The second kappa shape index (κ2) is 6.00. The van der Waals surface area contributed by atoms with Crippen LogP contribution < -0.4 is 11.0 Å². The van der Waals surface area contributed by atoms with Gasteiger partial charge in [0, 0.05) is 6.20 Å². The fraction of sp³-hybridized carbons (Fsp3) is 0.429. The summed E-state index contributed by atoms with van der Waals surface area (Å²) in [5.74, 6) is -1.67. The van der Waals surface area contributed by atoms with Crippen LogP contribution in [0.5, 0.6) is 0 Å². The highest BCUT2D eigenvalue weighted by Crippen LogP contribution is 2.12. The van der Waals surface area contributed by atoms with Crippen LogP contribution in [0.1, 0.15) is 26.7 Å². The number of carbonyl (C=O) groups is 2. The Kier molecular flexibility index (Phi) is 4.30. The Bertz CT molecular complexity index is 764. The second-order valence-electron chi connectivity index (χ2n) is 5.30. The summed E-state index contributed by atoms with van der Waals surface area (Å²) in [6, 6.07) is 5.06. The van der Waals surface area contributed by atoms with Gasteiger partial charge in [-0.1, -0.05) is 19.4 Å². The van der Waals surface area contributed by atoms with E-state index < -0.39 is 23.1 Å². The van der Waals surface area contributed by atoms with Gasteiger partial charge in [-0.25, -0.2) is 14.3 Å². The van der Waals surface area contributed by atoms with Crippen LogP contribution in [0, 0.1) is 0 Å². The number of aliphatic carboxylic acids is 1. The molecule has 0 bridgehead atoms. The number of hydrogen-bond donors (Lipinski definition) is 2. The van der Waals surface area contributed by atoms with E-state index in [2.05, 4.69) is 10.4 Å². The quantitative estimate of drug-likeness (QED) is 0.796. The third-order valence-electron chi connectivity index (χ3n) is 3.42. The molecule has 2 rings (SSSR count). The Balaban J connectivity index is 2.19. The molecular formula is C14H18N4O4. The summed E-state index contributed by atoms with van der Waals surface area (Å²) in [6.07, 6.45) is 2.46. The van der Waals surface area contributed by atoms with Crippen LogP contribution >= 0.6 is 0 Å². The van der Waals surface area contributed by atoms with Crippen molar-refractivity contribution in [2.24, 2.45) is 0 Å². The van der Waals surface area contributed by atoms with E-state index in [4.69, 9.17) is 0 Å². The summed E-state index contributed by atoms with van der Waals surface area (Å²) in [5.41, 5.74) is -1.37. The highest BCUT2D eigenvalue weighted by molar-refractivity contribution is 5.86. The molecule has 1 unspecified atom stereocenters. The molecule has 0 saturated heterocycles. The molecule has 0 fully saturated rings. The Hall–Kier alpha value is -2.64. The maximum atomic E-state index is 12.1. The lowest BCUT2D eigenvalue weighted by molar-refractivity contribution is -0.147. The van der Waals surface area contributed by atoms with Gasteiger partial charge in [-0.05, 0) is 25.5 Å². The van der Waals surface area contributed by atoms with Crippen LogP contribution in [-0.4, -0.2) is 36.7 Å². The molecule has 8 heteroatoms. The molecule has 1 atom stereocenters.